The van der Waals surface area contributed by atoms with Crippen molar-refractivity contribution in [2.75, 3.05) is 33.3 Å². The van der Waals surface area contributed by atoms with Crippen molar-refractivity contribution in [1.29, 1.82) is 0 Å². The second-order valence-electron chi connectivity index (χ2n) is 8.31. The Morgan fingerprint density at radius 2 is 1.81 bits per heavy atom. The molecule has 1 fully saturated rings. The monoisotopic (exact) mass is 502 g/mol. The molecule has 1 aromatic carbocycles. The number of pyridine rings is 1. The van der Waals surface area contributed by atoms with Gasteiger partial charge in [-0.15, -0.1) is 0 Å². The average Bonchev–Trinajstić information content (AvgIpc) is 3.60. The highest BCUT2D eigenvalue weighted by molar-refractivity contribution is 8.12. The van der Waals surface area contributed by atoms with Crippen molar-refractivity contribution in [2.24, 2.45) is 0 Å². The third kappa shape index (κ3) is 4.21. The zero-order chi connectivity index (χ0) is 25.2. The van der Waals surface area contributed by atoms with E-state index in [1.165, 1.54) is 36.2 Å². The number of carbonyl (C=O) groups excluding carboxylic acids is 4. The molecule has 182 valence electrons. The first-order chi connectivity index (χ1) is 17.5. The molecule has 2 aliphatic rings. The molecule has 5 rings (SSSR count). The van der Waals surface area contributed by atoms with Crippen LogP contribution in [0.3, 0.4) is 0 Å². The van der Waals surface area contributed by atoms with Gasteiger partial charge in [0.1, 0.15) is 17.4 Å². The van der Waals surface area contributed by atoms with Gasteiger partial charge >= 0.3 is 0 Å². The first kappa shape index (κ1) is 23.6. The third-order valence-electron chi connectivity index (χ3n) is 6.26. The molecule has 1 N–H and O–H groups in total. The number of H-pyrrole nitrogens is 1. The fourth-order valence-electron chi connectivity index (χ4n) is 4.38. The van der Waals surface area contributed by atoms with Gasteiger partial charge in [-0.05, 0) is 12.1 Å². The molecule has 0 spiro atoms. The molecule has 0 bridgehead atoms. The van der Waals surface area contributed by atoms with Gasteiger partial charge in [0.2, 0.25) is 0 Å². The van der Waals surface area contributed by atoms with Crippen molar-refractivity contribution in [2.45, 2.75) is 6.42 Å². The summed E-state index contributed by atoms with van der Waals surface area (Å²) < 4.78 is 5.45. The molecule has 3 aromatic rings. The van der Waals surface area contributed by atoms with Crippen LogP contribution >= 0.6 is 11.8 Å². The molecular formula is C26H22N4O5S. The number of piperazine rings is 1. The van der Waals surface area contributed by atoms with Crippen LogP contribution in [0.1, 0.15) is 32.8 Å². The number of benzene rings is 1. The van der Waals surface area contributed by atoms with Crippen LogP contribution in [0.2, 0.25) is 0 Å². The Hall–Kier alpha value is -4.14. The molecule has 0 saturated carbocycles. The number of amides is 2. The predicted octanol–water partition coefficient (Wildman–Crippen LogP) is 2.93. The summed E-state index contributed by atoms with van der Waals surface area (Å²) in [6.45, 7) is 1.21. The zero-order valence-electron chi connectivity index (χ0n) is 19.4. The number of thioether (sulfide) groups is 1. The number of ketones is 1. The minimum atomic E-state index is -0.666. The van der Waals surface area contributed by atoms with E-state index in [9.17, 15) is 19.2 Å². The summed E-state index contributed by atoms with van der Waals surface area (Å²) in [5.74, 6) is 0.878. The molecule has 36 heavy (non-hydrogen) atoms. The largest absolute Gasteiger partial charge is 0.494 e. The van der Waals surface area contributed by atoms with Crippen LogP contribution in [-0.4, -0.2) is 76.6 Å². The summed E-state index contributed by atoms with van der Waals surface area (Å²) in [6.07, 6.45) is 5.35. The number of aromatic nitrogens is 2. The Kier molecular flexibility index (Phi) is 6.45. The summed E-state index contributed by atoms with van der Waals surface area (Å²) in [5.41, 5.74) is 1.90. The van der Waals surface area contributed by atoms with Crippen LogP contribution < -0.4 is 4.74 Å². The molecule has 1 saturated heterocycles. The number of hydrogen-bond donors (Lipinski definition) is 1. The molecular weight excluding hydrogens is 480 g/mol. The highest BCUT2D eigenvalue weighted by atomic mass is 32.2. The summed E-state index contributed by atoms with van der Waals surface area (Å²) in [7, 11) is 1.47. The van der Waals surface area contributed by atoms with E-state index in [4.69, 9.17) is 4.74 Å². The number of hydrogen-bond acceptors (Lipinski definition) is 7. The van der Waals surface area contributed by atoms with Crippen LogP contribution in [0.5, 0.6) is 5.75 Å². The van der Waals surface area contributed by atoms with Crippen molar-refractivity contribution < 1.29 is 23.9 Å². The molecule has 9 nitrogen and oxygen atoms in total. The number of fused-ring (bicyclic) bond motifs is 1. The lowest BCUT2D eigenvalue weighted by atomic mass is 10.1. The molecule has 2 aromatic heterocycles. The van der Waals surface area contributed by atoms with Crippen molar-refractivity contribution in [3.63, 3.8) is 0 Å². The van der Waals surface area contributed by atoms with Gasteiger partial charge in [-0.1, -0.05) is 36.0 Å². The maximum atomic E-state index is 13.3. The van der Waals surface area contributed by atoms with Gasteiger partial charge < -0.3 is 19.5 Å². The fraction of sp³-hybridized carbons (Fsp3) is 0.231. The molecule has 2 aliphatic heterocycles. The average molecular weight is 503 g/mol. The highest BCUT2D eigenvalue weighted by Gasteiger charge is 2.31. The number of Topliss-reactive ketones (excluding diaryl/α,β-unsaturated/α-hetero) is 1. The first-order valence-electron chi connectivity index (χ1n) is 11.4. The van der Waals surface area contributed by atoms with Crippen LogP contribution in [0.25, 0.3) is 15.8 Å². The van der Waals surface area contributed by atoms with E-state index >= 15 is 0 Å². The van der Waals surface area contributed by atoms with Crippen molar-refractivity contribution in [3.8, 4) is 5.75 Å². The number of methoxy groups -OCH3 is 1. The number of allylic oxidation sites excluding steroid dienone is 2. The second-order valence-corrected chi connectivity index (χ2v) is 9.44. The van der Waals surface area contributed by atoms with Crippen LogP contribution in [0.15, 0.2) is 53.7 Å². The highest BCUT2D eigenvalue weighted by Crippen LogP contribution is 2.43. The normalized spacial score (nSPS) is 15.6. The van der Waals surface area contributed by atoms with Crippen molar-refractivity contribution in [1.82, 2.24) is 19.8 Å². The Morgan fingerprint density at radius 1 is 1.08 bits per heavy atom. The Morgan fingerprint density at radius 3 is 2.47 bits per heavy atom. The SMILES string of the molecule is COc1cnc(C2=CCC(=C=O)S2)c2[nH]cc(C(=O)C(=O)N3CCN(C(=O)c4ccccc4)CC3)c12. The molecule has 0 aliphatic carbocycles. The van der Waals surface area contributed by atoms with Gasteiger partial charge in [0.25, 0.3) is 17.6 Å². The number of rotatable bonds is 5. The minimum absolute atomic E-state index is 0.0953. The minimum Gasteiger partial charge on any atom is -0.494 e. The lowest BCUT2D eigenvalue weighted by molar-refractivity contribution is -0.127. The van der Waals surface area contributed by atoms with Crippen LogP contribution in [0, 0.1) is 0 Å². The van der Waals surface area contributed by atoms with Gasteiger partial charge in [-0.25, -0.2) is 9.78 Å². The van der Waals surface area contributed by atoms with E-state index in [0.717, 1.165) is 4.91 Å². The van der Waals surface area contributed by atoms with E-state index < -0.39 is 11.7 Å². The lowest BCUT2D eigenvalue weighted by Gasteiger charge is -2.34. The molecule has 0 atom stereocenters. The number of nitrogens with zero attached hydrogens (tertiary/aromatic N) is 3. The zero-order valence-corrected chi connectivity index (χ0v) is 20.3. The molecule has 0 unspecified atom stereocenters. The van der Waals surface area contributed by atoms with Gasteiger partial charge in [0, 0.05) is 49.3 Å². The standard InChI is InChI=1S/C26H22N4O5S/c1-35-19-14-28-22(20-8-7-17(15-31)36-20)23-21(19)18(13-27-23)24(32)26(34)30-11-9-29(10-12-30)25(33)16-5-3-2-4-6-16/h2-6,8,13-14,27H,7,9-12H2,1H3. The van der Waals surface area contributed by atoms with E-state index in [2.05, 4.69) is 9.97 Å². The topological polar surface area (TPSA) is 113 Å². The van der Waals surface area contributed by atoms with Crippen LogP contribution in [-0.2, 0) is 9.59 Å². The third-order valence-corrected chi connectivity index (χ3v) is 7.34. The fourth-order valence-corrected chi connectivity index (χ4v) is 5.27. The molecule has 2 amide bonds. The van der Waals surface area contributed by atoms with Gasteiger partial charge in [-0.2, -0.15) is 0 Å². The van der Waals surface area contributed by atoms with Crippen molar-refractivity contribution >= 4 is 51.1 Å². The summed E-state index contributed by atoms with van der Waals surface area (Å²) in [6, 6.07) is 8.98. The summed E-state index contributed by atoms with van der Waals surface area (Å²) in [4.78, 5) is 62.2. The first-order valence-corrected chi connectivity index (χ1v) is 12.2. The summed E-state index contributed by atoms with van der Waals surface area (Å²) >= 11 is 1.28. The summed E-state index contributed by atoms with van der Waals surface area (Å²) in [5, 5.41) is 0.462. The Labute approximate surface area is 210 Å². The van der Waals surface area contributed by atoms with E-state index in [1.54, 1.807) is 17.0 Å². The molecule has 0 radical (unpaired) electrons. The van der Waals surface area contributed by atoms with Gasteiger partial charge in [0.15, 0.2) is 0 Å². The maximum Gasteiger partial charge on any atom is 0.295 e. The number of carbonyl (C=O) groups is 3. The number of ether oxygens (including phenoxy) is 1. The molecule has 10 heteroatoms. The van der Waals surface area contributed by atoms with Crippen LogP contribution in [0.4, 0.5) is 0 Å². The smallest absolute Gasteiger partial charge is 0.295 e. The number of aromatic amines is 1. The van der Waals surface area contributed by atoms with Gasteiger partial charge in [-0.3, -0.25) is 14.4 Å². The predicted molar refractivity (Wildman–Crippen MR) is 135 cm³/mol. The van der Waals surface area contributed by atoms with Gasteiger partial charge in [0.05, 0.1) is 34.7 Å². The van der Waals surface area contributed by atoms with E-state index in [-0.39, 0.29) is 24.6 Å². The maximum absolute atomic E-state index is 13.3. The van der Waals surface area contributed by atoms with E-state index in [1.807, 2.05) is 30.2 Å². The molecule has 4 heterocycles. The Bertz CT molecular complexity index is 1450. The quantitative estimate of drug-likeness (QED) is 0.324. The Balaban J connectivity index is 1.36. The lowest BCUT2D eigenvalue weighted by Crippen LogP contribution is -2.52. The second kappa shape index (κ2) is 9.85. The number of nitrogens with one attached hydrogen (secondary N) is 1. The van der Waals surface area contributed by atoms with Crippen molar-refractivity contribution in [3.05, 3.63) is 70.5 Å². The van der Waals surface area contributed by atoms with E-state index in [0.29, 0.717) is 52.3 Å².